The molecule has 11 heteroatoms. The topological polar surface area (TPSA) is 102 Å². The van der Waals surface area contributed by atoms with Gasteiger partial charge >= 0.3 is 19.1 Å². The lowest BCUT2D eigenvalue weighted by atomic mass is 9.65. The summed E-state index contributed by atoms with van der Waals surface area (Å²) in [5, 5.41) is 3.09. The van der Waals surface area contributed by atoms with Gasteiger partial charge in [-0.2, -0.15) is 0 Å². The maximum atomic E-state index is 12.7. The summed E-state index contributed by atoms with van der Waals surface area (Å²) in [4.78, 5) is 51.7. The van der Waals surface area contributed by atoms with E-state index in [4.69, 9.17) is 32.5 Å². The zero-order chi connectivity index (χ0) is 24.9. The quantitative estimate of drug-likeness (QED) is 0.548. The lowest BCUT2D eigenvalue weighted by molar-refractivity contribution is -0.153. The van der Waals surface area contributed by atoms with Gasteiger partial charge in [-0.15, -0.1) is 0 Å². The van der Waals surface area contributed by atoms with E-state index in [1.54, 1.807) is 31.9 Å². The fourth-order valence-corrected chi connectivity index (χ4v) is 3.89. The monoisotopic (exact) mass is 498 g/mol. The molecule has 1 heterocycles. The van der Waals surface area contributed by atoms with E-state index in [0.29, 0.717) is 11.4 Å². The third-order valence-electron chi connectivity index (χ3n) is 5.64. The molecule has 180 valence electrons. The summed E-state index contributed by atoms with van der Waals surface area (Å²) in [6.45, 7) is 6.93. The number of halogens is 2. The Morgan fingerprint density at radius 3 is 2.24 bits per heavy atom. The molecule has 0 unspecified atom stereocenters. The average Bonchev–Trinajstić information content (AvgIpc) is 2.75. The summed E-state index contributed by atoms with van der Waals surface area (Å²) in [5.41, 5.74) is 0.158. The highest BCUT2D eigenvalue weighted by Crippen LogP contribution is 2.29. The minimum absolute atomic E-state index is 0.0500. The van der Waals surface area contributed by atoms with Gasteiger partial charge in [-0.05, 0) is 51.4 Å². The maximum absolute atomic E-state index is 12.7. The molecule has 1 fully saturated rings. The number of rotatable bonds is 8. The number of carbonyl (C=O) groups excluding carboxylic acids is 4. The van der Waals surface area contributed by atoms with E-state index < -0.39 is 42.9 Å². The van der Waals surface area contributed by atoms with E-state index in [2.05, 4.69) is 5.32 Å². The Labute approximate surface area is 204 Å². The number of ketones is 1. The summed E-state index contributed by atoms with van der Waals surface area (Å²) < 4.78 is 11.0. The maximum Gasteiger partial charge on any atom is 0.602 e. The van der Waals surface area contributed by atoms with Crippen LogP contribution in [0.3, 0.4) is 0 Å². The predicted octanol–water partition coefficient (Wildman–Crippen LogP) is 3.40. The van der Waals surface area contributed by atoms with Crippen LogP contribution in [0.15, 0.2) is 18.2 Å². The second kappa shape index (κ2) is 11.9. The van der Waals surface area contributed by atoms with E-state index in [-0.39, 0.29) is 35.3 Å². The van der Waals surface area contributed by atoms with Crippen molar-refractivity contribution in [1.82, 2.24) is 10.2 Å². The molecule has 0 aromatic heterocycles. The summed E-state index contributed by atoms with van der Waals surface area (Å²) in [6, 6.07) is 3.17. The number of amides is 1. The molecule has 33 heavy (non-hydrogen) atoms. The Morgan fingerprint density at radius 1 is 1.12 bits per heavy atom. The molecule has 1 amide bonds. The van der Waals surface area contributed by atoms with E-state index >= 15 is 0 Å². The highest BCUT2D eigenvalue weighted by atomic mass is 35.5. The first-order chi connectivity index (χ1) is 15.4. The first kappa shape index (κ1) is 27.2. The van der Waals surface area contributed by atoms with Crippen LogP contribution >= 0.6 is 23.2 Å². The van der Waals surface area contributed by atoms with E-state index in [1.165, 1.54) is 12.1 Å². The minimum atomic E-state index is -1.19. The van der Waals surface area contributed by atoms with Crippen LogP contribution in [0, 0.1) is 5.92 Å². The lowest BCUT2D eigenvalue weighted by Crippen LogP contribution is -2.53. The molecule has 1 aromatic carbocycles. The van der Waals surface area contributed by atoms with Crippen LogP contribution in [0.4, 0.5) is 0 Å². The highest BCUT2D eigenvalue weighted by molar-refractivity contribution is 6.51. The molecular formula is C22H29BCl2N2O6. The molecule has 0 spiro atoms. The standard InChI is InChI=1S/C22H29BCl2N2O6/c1-12(2)8-15(23-32-21(30)13(3)27(5)14(4)22(31)33-23)9-17(28)11-26-20(29)18-10-16(24)6-7-19(18)25/h6-7,10,12-15H,8-9,11H2,1-5H3,(H,26,29)/t13-,14+,15-/m1/s1. The molecule has 1 saturated heterocycles. The summed E-state index contributed by atoms with van der Waals surface area (Å²) in [7, 11) is 0.454. The Balaban J connectivity index is 2.10. The smallest absolute Gasteiger partial charge is 0.498 e. The van der Waals surface area contributed by atoms with Crippen molar-refractivity contribution < 1.29 is 28.5 Å². The SMILES string of the molecule is CC(C)C[C@H](CC(=O)CNC(=O)c1cc(Cl)ccc1Cl)B1OC(=O)[C@@H](C)N(C)[C@@H](C)C(=O)O1. The second-order valence-corrected chi connectivity index (χ2v) is 9.54. The Hall–Kier alpha value is -2.10. The van der Waals surface area contributed by atoms with Crippen molar-refractivity contribution in [3.63, 3.8) is 0 Å². The van der Waals surface area contributed by atoms with Crippen LogP contribution in [-0.4, -0.2) is 61.3 Å². The van der Waals surface area contributed by atoms with Crippen molar-refractivity contribution in [3.8, 4) is 0 Å². The Bertz CT molecular complexity index is 889. The van der Waals surface area contributed by atoms with E-state index in [9.17, 15) is 19.2 Å². The van der Waals surface area contributed by atoms with Crippen molar-refractivity contribution in [3.05, 3.63) is 33.8 Å². The average molecular weight is 499 g/mol. The molecule has 0 radical (unpaired) electrons. The van der Waals surface area contributed by atoms with Gasteiger partial charge < -0.3 is 14.6 Å². The zero-order valence-corrected chi connectivity index (χ0v) is 20.9. The molecule has 1 aliphatic heterocycles. The largest absolute Gasteiger partial charge is 0.602 e. The molecule has 0 saturated carbocycles. The zero-order valence-electron chi connectivity index (χ0n) is 19.4. The fourth-order valence-electron chi connectivity index (χ4n) is 3.52. The molecule has 3 atom stereocenters. The van der Waals surface area contributed by atoms with Crippen molar-refractivity contribution >= 4 is 53.9 Å². The number of nitrogens with one attached hydrogen (secondary N) is 1. The normalized spacial score (nSPS) is 20.5. The number of Topliss-reactive ketones (excluding diaryl/α,β-unsaturated/α-hetero) is 1. The van der Waals surface area contributed by atoms with Crippen LogP contribution in [-0.2, 0) is 23.7 Å². The van der Waals surface area contributed by atoms with Crippen LogP contribution in [0.5, 0.6) is 0 Å². The van der Waals surface area contributed by atoms with Crippen molar-refractivity contribution in [2.24, 2.45) is 5.92 Å². The first-order valence-electron chi connectivity index (χ1n) is 10.8. The van der Waals surface area contributed by atoms with Gasteiger partial charge in [0.25, 0.3) is 5.91 Å². The fraction of sp³-hybridized carbons (Fsp3) is 0.545. The van der Waals surface area contributed by atoms with E-state index in [0.717, 1.165) is 0 Å². The second-order valence-electron chi connectivity index (χ2n) is 8.70. The number of hydrogen-bond acceptors (Lipinski definition) is 7. The van der Waals surface area contributed by atoms with Crippen molar-refractivity contribution in [1.29, 1.82) is 0 Å². The van der Waals surface area contributed by atoms with Gasteiger partial charge in [0.1, 0.15) is 12.1 Å². The summed E-state index contributed by atoms with van der Waals surface area (Å²) in [5.74, 6) is -2.33. The number of nitrogens with zero attached hydrogens (tertiary/aromatic N) is 1. The highest BCUT2D eigenvalue weighted by Gasteiger charge is 2.44. The van der Waals surface area contributed by atoms with Gasteiger partial charge in [-0.25, -0.2) is 0 Å². The van der Waals surface area contributed by atoms with Crippen LogP contribution in [0.2, 0.25) is 15.9 Å². The Kier molecular flexibility index (Phi) is 9.76. The molecule has 0 bridgehead atoms. The predicted molar refractivity (Wildman–Crippen MR) is 126 cm³/mol. The molecule has 1 aromatic rings. The minimum Gasteiger partial charge on any atom is -0.498 e. The summed E-state index contributed by atoms with van der Waals surface area (Å²) >= 11 is 11.9. The third kappa shape index (κ3) is 7.45. The first-order valence-corrected chi connectivity index (χ1v) is 11.5. The number of benzene rings is 1. The van der Waals surface area contributed by atoms with Gasteiger partial charge in [0.2, 0.25) is 0 Å². The van der Waals surface area contributed by atoms with Crippen LogP contribution in [0.1, 0.15) is 50.9 Å². The molecule has 0 aliphatic carbocycles. The van der Waals surface area contributed by atoms with Crippen molar-refractivity contribution in [2.45, 2.75) is 58.4 Å². The molecule has 8 nitrogen and oxygen atoms in total. The van der Waals surface area contributed by atoms with Gasteiger partial charge in [-0.3, -0.25) is 24.1 Å². The molecule has 1 N–H and O–H groups in total. The van der Waals surface area contributed by atoms with Crippen molar-refractivity contribution in [2.75, 3.05) is 13.6 Å². The lowest BCUT2D eigenvalue weighted by Gasteiger charge is -2.34. The van der Waals surface area contributed by atoms with Crippen LogP contribution < -0.4 is 5.32 Å². The van der Waals surface area contributed by atoms with E-state index in [1.807, 2.05) is 13.8 Å². The summed E-state index contributed by atoms with van der Waals surface area (Å²) in [6.07, 6.45) is 0.426. The molecule has 1 aliphatic rings. The number of hydrogen-bond donors (Lipinski definition) is 1. The van der Waals surface area contributed by atoms with Gasteiger partial charge in [0.05, 0.1) is 17.1 Å². The number of likely N-dealkylation sites (N-methyl/N-ethyl adjacent to an activating group) is 1. The van der Waals surface area contributed by atoms with Crippen LogP contribution in [0.25, 0.3) is 0 Å². The van der Waals surface area contributed by atoms with Gasteiger partial charge in [0.15, 0.2) is 5.78 Å². The van der Waals surface area contributed by atoms with Gasteiger partial charge in [-0.1, -0.05) is 37.0 Å². The van der Waals surface area contributed by atoms with Gasteiger partial charge in [0, 0.05) is 17.3 Å². The number of carbonyl (C=O) groups is 4. The Morgan fingerprint density at radius 2 is 1.70 bits per heavy atom. The third-order valence-corrected chi connectivity index (χ3v) is 6.20. The molecular weight excluding hydrogens is 470 g/mol. The molecule has 2 rings (SSSR count).